The molecule has 0 radical (unpaired) electrons. The molecular weight excluding hydrogens is 538 g/mol. The predicted molar refractivity (Wildman–Crippen MR) is 147 cm³/mol. The van der Waals surface area contributed by atoms with Gasteiger partial charge in [-0.05, 0) is 60.2 Å². The van der Waals surface area contributed by atoms with Crippen LogP contribution in [0.1, 0.15) is 21.8 Å². The van der Waals surface area contributed by atoms with Gasteiger partial charge in [0.15, 0.2) is 0 Å². The number of nitrogens with two attached hydrogens (primary N) is 1. The molecule has 3 amide bonds. The Kier molecular flexibility index (Phi) is 8.27. The van der Waals surface area contributed by atoms with E-state index in [0.29, 0.717) is 18.7 Å². The highest BCUT2D eigenvalue weighted by molar-refractivity contribution is 5.95. The van der Waals surface area contributed by atoms with Crippen LogP contribution in [0.4, 0.5) is 28.0 Å². The molecule has 0 aliphatic carbocycles. The molecule has 3 aromatic carbocycles. The Balaban J connectivity index is 1.32. The molecule has 0 saturated carbocycles. The largest absolute Gasteiger partial charge is 0.351 e. The minimum atomic E-state index is -0.829. The zero-order chi connectivity index (χ0) is 29.3. The summed E-state index contributed by atoms with van der Waals surface area (Å²) in [5, 5.41) is 5.04. The number of nitrogens with zero attached hydrogens (tertiary/aromatic N) is 2. The van der Waals surface area contributed by atoms with Gasteiger partial charge in [0.1, 0.15) is 23.3 Å². The van der Waals surface area contributed by atoms with Crippen LogP contribution in [0.3, 0.4) is 0 Å². The SMILES string of the molecule is CN1CC2CN(C(=O)Nc3cc(F)cc(F)c3)CC(C1)C2c1ccc(-c2cc(F)c(C(=O)NCCN)cc2F)cc1. The number of amides is 3. The highest BCUT2D eigenvalue weighted by atomic mass is 19.1. The summed E-state index contributed by atoms with van der Waals surface area (Å²) >= 11 is 0. The van der Waals surface area contributed by atoms with Gasteiger partial charge in [-0.3, -0.25) is 4.79 Å². The van der Waals surface area contributed by atoms with Gasteiger partial charge >= 0.3 is 6.03 Å². The fourth-order valence-electron chi connectivity index (χ4n) is 6.12. The van der Waals surface area contributed by atoms with E-state index in [2.05, 4.69) is 15.5 Å². The molecule has 2 bridgehead atoms. The molecule has 2 fully saturated rings. The molecule has 2 heterocycles. The molecule has 7 nitrogen and oxygen atoms in total. The predicted octanol–water partition coefficient (Wildman–Crippen LogP) is 4.41. The first-order valence-corrected chi connectivity index (χ1v) is 13.4. The molecule has 11 heteroatoms. The lowest BCUT2D eigenvalue weighted by Crippen LogP contribution is -2.57. The second-order valence-electron chi connectivity index (χ2n) is 10.7. The average Bonchev–Trinajstić information content (AvgIpc) is 2.91. The van der Waals surface area contributed by atoms with Gasteiger partial charge in [0, 0.05) is 56.6 Å². The van der Waals surface area contributed by atoms with E-state index in [1.807, 2.05) is 19.2 Å². The minimum Gasteiger partial charge on any atom is -0.351 e. The van der Waals surface area contributed by atoms with E-state index in [1.54, 1.807) is 17.0 Å². The van der Waals surface area contributed by atoms with E-state index >= 15 is 0 Å². The maximum absolute atomic E-state index is 14.9. The summed E-state index contributed by atoms with van der Waals surface area (Å²) in [6.45, 7) is 2.72. The number of likely N-dealkylation sites (tertiary alicyclic amines) is 2. The summed E-state index contributed by atoms with van der Waals surface area (Å²) in [6, 6.07) is 11.7. The zero-order valence-corrected chi connectivity index (χ0v) is 22.5. The summed E-state index contributed by atoms with van der Waals surface area (Å²) in [5.74, 6) is -3.50. The molecule has 0 spiro atoms. The van der Waals surface area contributed by atoms with Crippen molar-refractivity contribution in [1.82, 2.24) is 15.1 Å². The minimum absolute atomic E-state index is 0.0460. The number of rotatable bonds is 6. The topological polar surface area (TPSA) is 90.7 Å². The Morgan fingerprint density at radius 2 is 1.51 bits per heavy atom. The fourth-order valence-corrected chi connectivity index (χ4v) is 6.12. The monoisotopic (exact) mass is 569 g/mol. The average molecular weight is 570 g/mol. The van der Waals surface area contributed by atoms with Crippen molar-refractivity contribution in [2.75, 3.05) is 51.6 Å². The number of piperidine rings is 2. The third-order valence-corrected chi connectivity index (χ3v) is 7.76. The van der Waals surface area contributed by atoms with Gasteiger partial charge in [-0.25, -0.2) is 22.4 Å². The first kappa shape index (κ1) is 28.6. The third kappa shape index (κ3) is 6.20. The highest BCUT2D eigenvalue weighted by Gasteiger charge is 2.43. The van der Waals surface area contributed by atoms with Crippen LogP contribution >= 0.6 is 0 Å². The van der Waals surface area contributed by atoms with Gasteiger partial charge in [-0.2, -0.15) is 0 Å². The van der Waals surface area contributed by atoms with Gasteiger partial charge < -0.3 is 26.2 Å². The van der Waals surface area contributed by atoms with Crippen LogP contribution in [0.25, 0.3) is 11.1 Å². The van der Waals surface area contributed by atoms with Crippen molar-refractivity contribution < 1.29 is 27.2 Å². The van der Waals surface area contributed by atoms with Crippen molar-refractivity contribution in [3.05, 3.63) is 89.0 Å². The standard InChI is InChI=1S/C30H31F4N5O2/c1-38-13-19-15-39(30(41)37-23-9-21(31)8-22(32)10-23)16-20(14-38)28(19)18-4-2-17(3-5-18)24-11-27(34)25(12-26(24)33)29(40)36-7-6-35/h2-5,8-12,19-20,28H,6-7,13-16,35H2,1H3,(H,36,40)(H,37,41). The molecule has 2 unspecified atom stereocenters. The number of halogens is 4. The molecular formula is C30H31F4N5O2. The zero-order valence-electron chi connectivity index (χ0n) is 22.5. The van der Waals surface area contributed by atoms with Crippen LogP contribution < -0.4 is 16.4 Å². The summed E-state index contributed by atoms with van der Waals surface area (Å²) < 4.78 is 56.8. The number of hydrogen-bond acceptors (Lipinski definition) is 4. The Bertz CT molecular complexity index is 1420. The number of hydrogen-bond donors (Lipinski definition) is 3. The quantitative estimate of drug-likeness (QED) is 0.384. The van der Waals surface area contributed by atoms with E-state index in [0.717, 1.165) is 49.0 Å². The maximum atomic E-state index is 14.9. The summed E-state index contributed by atoms with van der Waals surface area (Å²) in [5.41, 5.74) is 6.58. The summed E-state index contributed by atoms with van der Waals surface area (Å²) in [7, 11) is 2.03. The van der Waals surface area contributed by atoms with Crippen LogP contribution in [0.15, 0.2) is 54.6 Å². The van der Waals surface area contributed by atoms with E-state index in [-0.39, 0.29) is 47.7 Å². The molecule has 216 valence electrons. The molecule has 2 aliphatic rings. The van der Waals surface area contributed by atoms with Crippen LogP contribution in [0.2, 0.25) is 0 Å². The second kappa shape index (κ2) is 11.9. The van der Waals surface area contributed by atoms with Crippen LogP contribution in [0.5, 0.6) is 0 Å². The Labute approximate surface area is 235 Å². The van der Waals surface area contributed by atoms with E-state index in [1.165, 1.54) is 0 Å². The second-order valence-corrected chi connectivity index (χ2v) is 10.7. The molecule has 2 aliphatic heterocycles. The first-order valence-electron chi connectivity index (χ1n) is 13.4. The van der Waals surface area contributed by atoms with Gasteiger partial charge in [0.05, 0.1) is 5.56 Å². The lowest BCUT2D eigenvalue weighted by Gasteiger charge is -2.50. The number of anilines is 1. The number of urea groups is 1. The lowest BCUT2D eigenvalue weighted by atomic mass is 9.70. The Hall–Kier alpha value is -3.96. The van der Waals surface area contributed by atoms with Crippen LogP contribution in [-0.4, -0.2) is 68.1 Å². The first-order chi connectivity index (χ1) is 19.6. The molecule has 2 atom stereocenters. The van der Waals surface area contributed by atoms with Crippen molar-refractivity contribution in [2.24, 2.45) is 17.6 Å². The number of nitrogens with one attached hydrogen (secondary N) is 2. The van der Waals surface area contributed by atoms with Crippen molar-refractivity contribution in [2.45, 2.75) is 5.92 Å². The summed E-state index contributed by atoms with van der Waals surface area (Å²) in [6.07, 6.45) is 0. The van der Waals surface area contributed by atoms with Crippen molar-refractivity contribution in [3.63, 3.8) is 0 Å². The van der Waals surface area contributed by atoms with Gasteiger partial charge in [-0.1, -0.05) is 24.3 Å². The normalized spacial score (nSPS) is 20.5. The number of carbonyl (C=O) groups is 2. The number of carbonyl (C=O) groups excluding carboxylic acids is 2. The van der Waals surface area contributed by atoms with Crippen LogP contribution in [0, 0.1) is 35.1 Å². The van der Waals surface area contributed by atoms with Gasteiger partial charge in [0.2, 0.25) is 0 Å². The van der Waals surface area contributed by atoms with Gasteiger partial charge in [-0.15, -0.1) is 0 Å². The highest BCUT2D eigenvalue weighted by Crippen LogP contribution is 2.42. The fraction of sp³-hybridized carbons (Fsp3) is 0.333. The van der Waals surface area contributed by atoms with E-state index in [9.17, 15) is 27.2 Å². The third-order valence-electron chi connectivity index (χ3n) is 7.76. The van der Waals surface area contributed by atoms with Crippen LogP contribution in [-0.2, 0) is 0 Å². The Morgan fingerprint density at radius 3 is 2.12 bits per heavy atom. The number of fused-ring (bicyclic) bond motifs is 2. The smallest absolute Gasteiger partial charge is 0.321 e. The molecule has 4 N–H and O–H groups in total. The molecule has 2 saturated heterocycles. The van der Waals surface area contributed by atoms with E-state index < -0.39 is 35.2 Å². The summed E-state index contributed by atoms with van der Waals surface area (Å²) in [4.78, 5) is 29.0. The Morgan fingerprint density at radius 1 is 0.878 bits per heavy atom. The lowest BCUT2D eigenvalue weighted by molar-refractivity contribution is 0.0402. The van der Waals surface area contributed by atoms with Crippen molar-refractivity contribution in [3.8, 4) is 11.1 Å². The van der Waals surface area contributed by atoms with Crippen molar-refractivity contribution in [1.29, 1.82) is 0 Å². The van der Waals surface area contributed by atoms with E-state index in [4.69, 9.17) is 5.73 Å². The molecule has 0 aromatic heterocycles. The van der Waals surface area contributed by atoms with Gasteiger partial charge in [0.25, 0.3) is 5.91 Å². The number of benzene rings is 3. The molecule has 41 heavy (non-hydrogen) atoms. The molecule has 5 rings (SSSR count). The molecule has 3 aromatic rings. The van der Waals surface area contributed by atoms with Crippen molar-refractivity contribution >= 4 is 17.6 Å². The maximum Gasteiger partial charge on any atom is 0.321 e.